The van der Waals surface area contributed by atoms with E-state index in [9.17, 15) is 27.2 Å². The molecule has 0 fully saturated rings. The molecule has 0 aliphatic rings. The van der Waals surface area contributed by atoms with E-state index in [2.05, 4.69) is 25.1 Å². The van der Waals surface area contributed by atoms with Crippen LogP contribution in [0.4, 0.5) is 23.4 Å². The lowest BCUT2D eigenvalue weighted by Gasteiger charge is -2.16. The van der Waals surface area contributed by atoms with Gasteiger partial charge in [0.2, 0.25) is 0 Å². The van der Waals surface area contributed by atoms with Gasteiger partial charge in [-0.15, -0.1) is 0 Å². The molecule has 0 spiro atoms. The third-order valence-corrected chi connectivity index (χ3v) is 5.71. The van der Waals surface area contributed by atoms with Gasteiger partial charge < -0.3 is 15.0 Å². The van der Waals surface area contributed by atoms with Crippen LogP contribution in [0.25, 0.3) is 10.9 Å². The third kappa shape index (κ3) is 7.46. The molecule has 4 rings (SSSR count). The molecule has 4 aromatic rings. The van der Waals surface area contributed by atoms with Gasteiger partial charge in [0.15, 0.2) is 0 Å². The van der Waals surface area contributed by atoms with E-state index in [1.165, 1.54) is 24.3 Å². The van der Waals surface area contributed by atoms with E-state index < -0.39 is 36.3 Å². The van der Waals surface area contributed by atoms with Gasteiger partial charge in [0.25, 0.3) is 0 Å². The number of carbonyl (C=O) groups is 2. The van der Waals surface area contributed by atoms with Gasteiger partial charge in [-0.25, -0.2) is 28.7 Å². The third-order valence-electron chi connectivity index (χ3n) is 5.71. The fraction of sp³-hybridized carbons (Fsp3) is 0.222. The summed E-state index contributed by atoms with van der Waals surface area (Å²) in [6.45, 7) is 1.11. The van der Waals surface area contributed by atoms with Crippen molar-refractivity contribution in [3.05, 3.63) is 90.0 Å². The predicted molar refractivity (Wildman–Crippen MR) is 132 cm³/mol. The molecule has 2 heterocycles. The normalized spacial score (nSPS) is 12.1. The smallest absolute Gasteiger partial charge is 0.493 e. The molecular weight excluding hydrogens is 522 g/mol. The van der Waals surface area contributed by atoms with E-state index in [0.717, 1.165) is 12.2 Å². The van der Waals surface area contributed by atoms with Crippen molar-refractivity contribution in [3.8, 4) is 5.75 Å². The van der Waals surface area contributed by atoms with Gasteiger partial charge >= 0.3 is 18.1 Å². The lowest BCUT2D eigenvalue weighted by atomic mass is 9.88. The van der Waals surface area contributed by atoms with Crippen molar-refractivity contribution in [2.75, 3.05) is 18.5 Å². The van der Waals surface area contributed by atoms with E-state index in [1.807, 2.05) is 18.2 Å². The van der Waals surface area contributed by atoms with Crippen LogP contribution in [0.15, 0.2) is 73.1 Å². The first kappa shape index (κ1) is 27.4. The average molecular weight is 545 g/mol. The Morgan fingerprint density at radius 1 is 1.03 bits per heavy atom. The average Bonchev–Trinajstić information content (AvgIpc) is 3.34. The number of alkyl halides is 3. The zero-order valence-electron chi connectivity index (χ0n) is 20.3. The summed E-state index contributed by atoms with van der Waals surface area (Å²) in [5, 5.41) is 3.89. The van der Waals surface area contributed by atoms with Gasteiger partial charge in [0.05, 0.1) is 13.0 Å². The largest absolute Gasteiger partial charge is 0.495 e. The van der Waals surface area contributed by atoms with Gasteiger partial charge in [-0.3, -0.25) is 0 Å². The van der Waals surface area contributed by atoms with Gasteiger partial charge in [-0.2, -0.15) is 13.2 Å². The zero-order valence-corrected chi connectivity index (χ0v) is 20.3. The molecule has 2 aromatic heterocycles. The molecule has 1 unspecified atom stereocenters. The van der Waals surface area contributed by atoms with E-state index in [1.54, 1.807) is 30.6 Å². The summed E-state index contributed by atoms with van der Waals surface area (Å²) in [5.41, 5.74) is 1.78. The molecular formula is C27H23F4N3O5. The van der Waals surface area contributed by atoms with E-state index in [0.29, 0.717) is 40.9 Å². The fourth-order valence-corrected chi connectivity index (χ4v) is 3.89. The Morgan fingerprint density at radius 2 is 1.82 bits per heavy atom. The van der Waals surface area contributed by atoms with Crippen molar-refractivity contribution >= 4 is 28.7 Å². The molecule has 1 atom stereocenters. The van der Waals surface area contributed by atoms with Gasteiger partial charge in [0, 0.05) is 41.8 Å². The minimum Gasteiger partial charge on any atom is -0.493 e. The summed E-state index contributed by atoms with van der Waals surface area (Å²) in [5.74, 6) is -3.74. The minimum atomic E-state index is -5.32. The highest BCUT2D eigenvalue weighted by Crippen LogP contribution is 2.35. The van der Waals surface area contributed by atoms with Crippen LogP contribution < -0.4 is 10.1 Å². The Balaban J connectivity index is 1.44. The number of H-pyrrole nitrogens is 1. The Kier molecular flexibility index (Phi) is 8.64. The number of benzene rings is 2. The number of aromatic amines is 1. The second-order valence-electron chi connectivity index (χ2n) is 8.43. The van der Waals surface area contributed by atoms with Crippen molar-refractivity contribution in [1.29, 1.82) is 0 Å². The monoisotopic (exact) mass is 545 g/mol. The quantitative estimate of drug-likeness (QED) is 0.115. The lowest BCUT2D eigenvalue weighted by molar-refractivity contribution is -0.285. The first-order valence-corrected chi connectivity index (χ1v) is 11.8. The predicted octanol–water partition coefficient (Wildman–Crippen LogP) is 5.67. The molecule has 204 valence electrons. The van der Waals surface area contributed by atoms with Crippen LogP contribution in [0.3, 0.4) is 0 Å². The molecule has 8 nitrogen and oxygen atoms in total. The van der Waals surface area contributed by atoms with Gasteiger partial charge in [-0.05, 0) is 53.9 Å². The Hall–Kier alpha value is -4.61. The number of nitrogens with zero attached hydrogens (tertiary/aromatic N) is 1. The number of fused-ring (bicyclic) bond motifs is 1. The van der Waals surface area contributed by atoms with Crippen molar-refractivity contribution in [2.24, 2.45) is 0 Å². The molecule has 0 radical (unpaired) electrons. The molecule has 0 saturated carbocycles. The summed E-state index contributed by atoms with van der Waals surface area (Å²) in [4.78, 5) is 38.2. The summed E-state index contributed by atoms with van der Waals surface area (Å²) in [6, 6.07) is 16.2. The number of rotatable bonds is 10. The second kappa shape index (κ2) is 12.3. The van der Waals surface area contributed by atoms with Crippen LogP contribution in [-0.4, -0.2) is 41.2 Å². The van der Waals surface area contributed by atoms with E-state index in [4.69, 9.17) is 4.74 Å². The maximum atomic E-state index is 13.5. The van der Waals surface area contributed by atoms with E-state index >= 15 is 0 Å². The number of hydrogen-bond donors (Lipinski definition) is 2. The van der Waals surface area contributed by atoms with Crippen LogP contribution >= 0.6 is 0 Å². The number of ether oxygens (including phenoxy) is 1. The SMILES string of the molecule is O=C(CC(c1ccc(F)cc1)c1c[nH]c2cc(OCCCNc3ccccn3)ccc12)OOC(=O)C(F)(F)F. The number of anilines is 1. The van der Waals surface area contributed by atoms with Crippen LogP contribution in [0, 0.1) is 5.82 Å². The molecule has 0 amide bonds. The molecule has 2 N–H and O–H groups in total. The highest BCUT2D eigenvalue weighted by molar-refractivity contribution is 5.86. The number of pyridine rings is 1. The Morgan fingerprint density at radius 3 is 2.54 bits per heavy atom. The van der Waals surface area contributed by atoms with Crippen LogP contribution in [0.5, 0.6) is 5.75 Å². The summed E-state index contributed by atoms with van der Waals surface area (Å²) in [7, 11) is 0. The highest BCUT2D eigenvalue weighted by Gasteiger charge is 2.43. The Bertz CT molecular complexity index is 1410. The number of nitrogens with one attached hydrogen (secondary N) is 2. The molecule has 0 aliphatic carbocycles. The van der Waals surface area contributed by atoms with Gasteiger partial charge in [-0.1, -0.05) is 18.2 Å². The minimum absolute atomic E-state index is 0.444. The molecule has 0 aliphatic heterocycles. The van der Waals surface area contributed by atoms with Crippen molar-refractivity contribution < 1.29 is 41.7 Å². The molecule has 0 bridgehead atoms. The number of hydrogen-bond acceptors (Lipinski definition) is 7. The topological polar surface area (TPSA) is 103 Å². The van der Waals surface area contributed by atoms with Crippen LogP contribution in [-0.2, 0) is 19.4 Å². The highest BCUT2D eigenvalue weighted by atomic mass is 19.4. The maximum absolute atomic E-state index is 13.5. The summed E-state index contributed by atoms with van der Waals surface area (Å²) in [6.07, 6.45) is -1.74. The number of aromatic nitrogens is 2. The van der Waals surface area contributed by atoms with Crippen LogP contribution in [0.1, 0.15) is 29.9 Å². The first-order valence-electron chi connectivity index (χ1n) is 11.8. The molecule has 2 aromatic carbocycles. The number of halogens is 4. The van der Waals surface area contributed by atoms with Crippen molar-refractivity contribution in [1.82, 2.24) is 9.97 Å². The van der Waals surface area contributed by atoms with Crippen LogP contribution in [0.2, 0.25) is 0 Å². The molecule has 12 heteroatoms. The maximum Gasteiger partial charge on any atom is 0.495 e. The fourth-order valence-electron chi connectivity index (χ4n) is 3.89. The molecule has 39 heavy (non-hydrogen) atoms. The second-order valence-corrected chi connectivity index (χ2v) is 8.43. The summed E-state index contributed by atoms with van der Waals surface area (Å²) < 4.78 is 56.4. The molecule has 0 saturated heterocycles. The Labute approximate surface area is 219 Å². The summed E-state index contributed by atoms with van der Waals surface area (Å²) >= 11 is 0. The van der Waals surface area contributed by atoms with E-state index in [-0.39, 0.29) is 0 Å². The van der Waals surface area contributed by atoms with Crippen molar-refractivity contribution in [3.63, 3.8) is 0 Å². The van der Waals surface area contributed by atoms with Crippen molar-refractivity contribution in [2.45, 2.75) is 24.9 Å². The zero-order chi connectivity index (χ0) is 27.8. The van der Waals surface area contributed by atoms with Gasteiger partial charge in [0.1, 0.15) is 17.4 Å². The first-order chi connectivity index (χ1) is 18.7. The lowest BCUT2D eigenvalue weighted by Crippen LogP contribution is -2.27. The standard InChI is InChI=1S/C27H23F4N3O5/c28-18-7-5-17(6-8-18)21(15-25(35)38-39-26(36)27(29,30)31)22-16-34-23-14-19(9-10-20(22)23)37-13-3-12-33-24-4-1-2-11-32-24/h1-2,4-11,14,16,21,34H,3,12-13,15H2,(H,32,33). The number of carbonyl (C=O) groups excluding carboxylic acids is 2.